The van der Waals surface area contributed by atoms with Gasteiger partial charge in [0.15, 0.2) is 6.29 Å². The van der Waals surface area contributed by atoms with Crippen molar-refractivity contribution in [3.05, 3.63) is 0 Å². The van der Waals surface area contributed by atoms with E-state index in [4.69, 9.17) is 9.47 Å². The average Bonchev–Trinajstić information content (AvgIpc) is 2.20. The van der Waals surface area contributed by atoms with Gasteiger partial charge < -0.3 is 9.47 Å². The van der Waals surface area contributed by atoms with Crippen LogP contribution in [-0.4, -0.2) is 17.5 Å². The molecule has 0 aromatic heterocycles. The van der Waals surface area contributed by atoms with Crippen LogP contribution < -0.4 is 0 Å². The Morgan fingerprint density at radius 3 is 2.31 bits per heavy atom. The van der Waals surface area contributed by atoms with E-state index in [-0.39, 0.29) is 17.5 Å². The van der Waals surface area contributed by atoms with Gasteiger partial charge in [-0.2, -0.15) is 0 Å². The fourth-order valence-electron chi connectivity index (χ4n) is 2.45. The van der Waals surface area contributed by atoms with Crippen LogP contribution in [0.5, 0.6) is 0 Å². The van der Waals surface area contributed by atoms with Crippen molar-refractivity contribution in [2.45, 2.75) is 64.4 Å². The lowest BCUT2D eigenvalue weighted by Crippen LogP contribution is -2.39. The summed E-state index contributed by atoms with van der Waals surface area (Å²) in [6.07, 6.45) is 3.61. The number of fused-ring (bicyclic) bond motifs is 1. The van der Waals surface area contributed by atoms with Crippen LogP contribution in [0.25, 0.3) is 0 Å². The highest BCUT2D eigenvalue weighted by Crippen LogP contribution is 2.44. The highest BCUT2D eigenvalue weighted by atomic mass is 16.7. The summed E-state index contributed by atoms with van der Waals surface area (Å²) < 4.78 is 11.8. The molecule has 2 saturated heterocycles. The zero-order valence-corrected chi connectivity index (χ0v) is 9.09. The Labute approximate surface area is 80.6 Å². The molecule has 2 heterocycles. The third-order valence-corrected chi connectivity index (χ3v) is 3.13. The maximum atomic E-state index is 5.91. The minimum absolute atomic E-state index is 0.0155. The smallest absolute Gasteiger partial charge is 0.161 e. The highest BCUT2D eigenvalue weighted by Gasteiger charge is 2.46. The summed E-state index contributed by atoms with van der Waals surface area (Å²) in [7, 11) is 0. The number of hydrogen-bond donors (Lipinski definition) is 0. The second-order valence-electron chi connectivity index (χ2n) is 5.63. The fourth-order valence-corrected chi connectivity index (χ4v) is 2.45. The maximum absolute atomic E-state index is 5.91. The van der Waals surface area contributed by atoms with Crippen molar-refractivity contribution in [3.8, 4) is 0 Å². The number of ether oxygens (including phenoxy) is 2. The summed E-state index contributed by atoms with van der Waals surface area (Å²) in [6, 6.07) is 0. The molecule has 0 amide bonds. The molecule has 0 saturated carbocycles. The van der Waals surface area contributed by atoms with E-state index in [2.05, 4.69) is 27.7 Å². The molecular formula is C11H20O2. The van der Waals surface area contributed by atoms with Gasteiger partial charge in [0.25, 0.3) is 0 Å². The molecule has 13 heavy (non-hydrogen) atoms. The van der Waals surface area contributed by atoms with Crippen molar-refractivity contribution < 1.29 is 9.47 Å². The quantitative estimate of drug-likeness (QED) is 0.576. The van der Waals surface area contributed by atoms with Gasteiger partial charge in [0.2, 0.25) is 0 Å². The average molecular weight is 184 g/mol. The van der Waals surface area contributed by atoms with Gasteiger partial charge in [0, 0.05) is 5.92 Å². The van der Waals surface area contributed by atoms with Crippen LogP contribution in [0.3, 0.4) is 0 Å². The Balaban J connectivity index is 2.06. The van der Waals surface area contributed by atoms with Gasteiger partial charge >= 0.3 is 0 Å². The van der Waals surface area contributed by atoms with E-state index in [0.717, 1.165) is 12.8 Å². The van der Waals surface area contributed by atoms with Crippen LogP contribution in [0.4, 0.5) is 0 Å². The van der Waals surface area contributed by atoms with Crippen LogP contribution in [0.2, 0.25) is 0 Å². The molecule has 2 heteroatoms. The Kier molecular flexibility index (Phi) is 1.97. The molecule has 2 fully saturated rings. The highest BCUT2D eigenvalue weighted by molar-refractivity contribution is 4.90. The van der Waals surface area contributed by atoms with Gasteiger partial charge in [-0.25, -0.2) is 0 Å². The molecule has 0 aromatic carbocycles. The summed E-state index contributed by atoms with van der Waals surface area (Å²) in [5.41, 5.74) is 0.0390. The van der Waals surface area contributed by atoms with E-state index in [0.29, 0.717) is 5.92 Å². The van der Waals surface area contributed by atoms with Crippen molar-refractivity contribution in [1.82, 2.24) is 0 Å². The van der Waals surface area contributed by atoms with Gasteiger partial charge in [-0.05, 0) is 47.0 Å². The molecule has 0 N–H and O–H groups in total. The fraction of sp³-hybridized carbons (Fsp3) is 1.00. The summed E-state index contributed by atoms with van der Waals surface area (Å²) in [4.78, 5) is 0. The van der Waals surface area contributed by atoms with E-state index in [1.165, 1.54) is 6.42 Å². The first-order valence-corrected chi connectivity index (χ1v) is 5.24. The SMILES string of the molecule is CC1(C)CC[C@@H]2CC(C)(C)O[C@@H]2O1. The van der Waals surface area contributed by atoms with E-state index in [1.807, 2.05) is 0 Å². The summed E-state index contributed by atoms with van der Waals surface area (Å²) in [6.45, 7) is 8.61. The first-order chi connectivity index (χ1) is 5.88. The molecule has 0 aliphatic carbocycles. The van der Waals surface area contributed by atoms with E-state index in [1.54, 1.807) is 0 Å². The third kappa shape index (κ3) is 1.89. The topological polar surface area (TPSA) is 18.5 Å². The summed E-state index contributed by atoms with van der Waals surface area (Å²) in [5, 5.41) is 0. The Morgan fingerprint density at radius 2 is 1.62 bits per heavy atom. The summed E-state index contributed by atoms with van der Waals surface area (Å²) >= 11 is 0. The maximum Gasteiger partial charge on any atom is 0.161 e. The predicted octanol–water partition coefficient (Wildman–Crippen LogP) is 2.72. The molecule has 2 rings (SSSR count). The third-order valence-electron chi connectivity index (χ3n) is 3.13. The van der Waals surface area contributed by atoms with Crippen LogP contribution in [0.15, 0.2) is 0 Å². The number of rotatable bonds is 0. The molecule has 0 spiro atoms. The number of hydrogen-bond acceptors (Lipinski definition) is 2. The molecule has 0 aromatic rings. The normalized spacial score (nSPS) is 41.5. The van der Waals surface area contributed by atoms with Gasteiger partial charge in [0.05, 0.1) is 11.2 Å². The molecule has 2 atom stereocenters. The lowest BCUT2D eigenvalue weighted by Gasteiger charge is -2.37. The molecule has 0 unspecified atom stereocenters. The van der Waals surface area contributed by atoms with Crippen LogP contribution in [0.1, 0.15) is 47.0 Å². The van der Waals surface area contributed by atoms with E-state index in [9.17, 15) is 0 Å². The van der Waals surface area contributed by atoms with Crippen molar-refractivity contribution in [1.29, 1.82) is 0 Å². The monoisotopic (exact) mass is 184 g/mol. The van der Waals surface area contributed by atoms with Gasteiger partial charge in [-0.15, -0.1) is 0 Å². The lowest BCUT2D eigenvalue weighted by molar-refractivity contribution is -0.240. The van der Waals surface area contributed by atoms with Crippen molar-refractivity contribution in [2.24, 2.45) is 5.92 Å². The van der Waals surface area contributed by atoms with Crippen LogP contribution in [0, 0.1) is 5.92 Å². The van der Waals surface area contributed by atoms with E-state index < -0.39 is 0 Å². The first-order valence-electron chi connectivity index (χ1n) is 5.24. The molecular weight excluding hydrogens is 164 g/mol. The molecule has 76 valence electrons. The second kappa shape index (κ2) is 2.71. The van der Waals surface area contributed by atoms with Crippen molar-refractivity contribution in [2.75, 3.05) is 0 Å². The molecule has 2 nitrogen and oxygen atoms in total. The minimum atomic E-state index is 0.0155. The van der Waals surface area contributed by atoms with Gasteiger partial charge in [-0.1, -0.05) is 0 Å². The zero-order chi connectivity index (χ0) is 9.69. The Bertz CT molecular complexity index is 206. The van der Waals surface area contributed by atoms with Crippen LogP contribution in [-0.2, 0) is 9.47 Å². The Morgan fingerprint density at radius 1 is 1.00 bits per heavy atom. The van der Waals surface area contributed by atoms with E-state index >= 15 is 0 Å². The van der Waals surface area contributed by atoms with Gasteiger partial charge in [-0.3, -0.25) is 0 Å². The molecule has 0 radical (unpaired) electrons. The Hall–Kier alpha value is -0.0800. The van der Waals surface area contributed by atoms with Gasteiger partial charge in [0.1, 0.15) is 0 Å². The lowest BCUT2D eigenvalue weighted by atomic mass is 9.87. The first kappa shape index (κ1) is 9.47. The predicted molar refractivity (Wildman–Crippen MR) is 51.5 cm³/mol. The summed E-state index contributed by atoms with van der Waals surface area (Å²) in [5.74, 6) is 0.628. The molecule has 2 aliphatic heterocycles. The second-order valence-corrected chi connectivity index (χ2v) is 5.63. The molecule has 0 bridgehead atoms. The largest absolute Gasteiger partial charge is 0.346 e. The van der Waals surface area contributed by atoms with Crippen molar-refractivity contribution >= 4 is 0 Å². The van der Waals surface area contributed by atoms with Crippen LogP contribution >= 0.6 is 0 Å². The standard InChI is InChI=1S/C11H20O2/c1-10(2)6-5-8-7-11(3,4)13-9(8)12-10/h8-9H,5-7H2,1-4H3/t8-,9+/m1/s1. The molecule has 2 aliphatic rings. The zero-order valence-electron chi connectivity index (χ0n) is 9.09. The van der Waals surface area contributed by atoms with Crippen molar-refractivity contribution in [3.63, 3.8) is 0 Å². The minimum Gasteiger partial charge on any atom is -0.346 e.